The zero-order valence-corrected chi connectivity index (χ0v) is 16.3. The van der Waals surface area contributed by atoms with E-state index in [1.807, 2.05) is 0 Å². The number of carboxylic acids is 1. The molecule has 1 atom stereocenters. The number of rotatable bonds is 5. The monoisotopic (exact) mass is 390 g/mol. The maximum absolute atomic E-state index is 13.5. The normalized spacial score (nSPS) is 22.8. The third-order valence-electron chi connectivity index (χ3n) is 5.30. The Morgan fingerprint density at radius 3 is 2.46 bits per heavy atom. The average Bonchev–Trinajstić information content (AvgIpc) is 2.57. The minimum absolute atomic E-state index is 0.0614. The lowest BCUT2D eigenvalue weighted by Gasteiger charge is -2.45. The molecular weight excluding hydrogens is 366 g/mol. The summed E-state index contributed by atoms with van der Waals surface area (Å²) in [5.74, 6) is -3.23. The number of ketones is 1. The Morgan fingerprint density at radius 2 is 1.89 bits per heavy atom. The lowest BCUT2D eigenvalue weighted by molar-refractivity contribution is -0.131. The fraction of sp³-hybridized carbons (Fsp3) is 0.364. The summed E-state index contributed by atoms with van der Waals surface area (Å²) in [6.45, 7) is 6.73. The summed E-state index contributed by atoms with van der Waals surface area (Å²) in [7, 11) is 0. The van der Waals surface area contributed by atoms with Gasteiger partial charge in [0.05, 0.1) is 0 Å². The molecule has 0 saturated heterocycles. The molecule has 0 amide bonds. The van der Waals surface area contributed by atoms with Crippen molar-refractivity contribution in [1.29, 1.82) is 0 Å². The van der Waals surface area contributed by atoms with Crippen molar-refractivity contribution >= 4 is 11.8 Å². The predicted octanol–water partition coefficient (Wildman–Crippen LogP) is 4.14. The number of benzene rings is 1. The Balaban J connectivity index is 2.50. The van der Waals surface area contributed by atoms with Gasteiger partial charge in [0.1, 0.15) is 5.60 Å². The van der Waals surface area contributed by atoms with E-state index >= 15 is 0 Å². The number of aliphatic hydroxyl groups is 1. The van der Waals surface area contributed by atoms with Crippen molar-refractivity contribution in [3.8, 4) is 0 Å². The van der Waals surface area contributed by atoms with Crippen molar-refractivity contribution in [2.24, 2.45) is 5.41 Å². The minimum atomic E-state index is -1.50. The summed E-state index contributed by atoms with van der Waals surface area (Å²) in [5.41, 5.74) is -0.706. The van der Waals surface area contributed by atoms with Crippen LogP contribution in [0.2, 0.25) is 0 Å². The first-order chi connectivity index (χ1) is 12.9. The van der Waals surface area contributed by atoms with Crippen LogP contribution in [-0.4, -0.2) is 27.6 Å². The second-order valence-corrected chi connectivity index (χ2v) is 7.84. The Labute approximate surface area is 162 Å². The van der Waals surface area contributed by atoms with Crippen LogP contribution < -0.4 is 0 Å². The third kappa shape index (κ3) is 4.28. The van der Waals surface area contributed by atoms with Gasteiger partial charge in [0, 0.05) is 29.9 Å². The van der Waals surface area contributed by atoms with Crippen LogP contribution >= 0.6 is 0 Å². The lowest BCUT2D eigenvalue weighted by atomic mass is 9.62. The summed E-state index contributed by atoms with van der Waals surface area (Å²) in [6, 6.07) is 3.45. The van der Waals surface area contributed by atoms with Crippen LogP contribution in [0.1, 0.15) is 39.7 Å². The lowest BCUT2D eigenvalue weighted by Crippen LogP contribution is -2.49. The van der Waals surface area contributed by atoms with Crippen LogP contribution in [-0.2, 0) is 16.0 Å². The van der Waals surface area contributed by atoms with Crippen molar-refractivity contribution < 1.29 is 28.6 Å². The number of hydrogen-bond acceptors (Lipinski definition) is 3. The number of halogens is 2. The number of carbonyl (C=O) groups is 2. The molecule has 0 spiro atoms. The zero-order chi connectivity index (χ0) is 21.3. The molecule has 0 fully saturated rings. The van der Waals surface area contributed by atoms with E-state index in [0.29, 0.717) is 22.3 Å². The van der Waals surface area contributed by atoms with Crippen LogP contribution in [0.4, 0.5) is 8.78 Å². The summed E-state index contributed by atoms with van der Waals surface area (Å²) in [4.78, 5) is 23.5. The van der Waals surface area contributed by atoms with Crippen LogP contribution in [0.25, 0.3) is 0 Å². The van der Waals surface area contributed by atoms with Gasteiger partial charge in [-0.1, -0.05) is 26.0 Å². The topological polar surface area (TPSA) is 74.6 Å². The number of allylic oxidation sites excluding steroid dienone is 3. The van der Waals surface area contributed by atoms with Gasteiger partial charge in [0.2, 0.25) is 0 Å². The van der Waals surface area contributed by atoms with Crippen LogP contribution in [0, 0.1) is 17.0 Å². The van der Waals surface area contributed by atoms with E-state index in [-0.39, 0.29) is 18.6 Å². The second-order valence-electron chi connectivity index (χ2n) is 7.84. The predicted molar refractivity (Wildman–Crippen MR) is 102 cm³/mol. The molecule has 6 heteroatoms. The molecule has 1 aliphatic rings. The molecule has 0 unspecified atom stereocenters. The summed E-state index contributed by atoms with van der Waals surface area (Å²) < 4.78 is 26.7. The molecule has 0 radical (unpaired) electrons. The fourth-order valence-electron chi connectivity index (χ4n) is 3.52. The van der Waals surface area contributed by atoms with Gasteiger partial charge in [-0.2, -0.15) is 0 Å². The van der Waals surface area contributed by atoms with Crippen molar-refractivity contribution in [3.63, 3.8) is 0 Å². The maximum Gasteiger partial charge on any atom is 0.328 e. The highest BCUT2D eigenvalue weighted by atomic mass is 19.2. The smallest absolute Gasteiger partial charge is 0.328 e. The Morgan fingerprint density at radius 1 is 1.25 bits per heavy atom. The molecule has 1 aromatic rings. The number of aliphatic carboxylic acids is 1. The zero-order valence-electron chi connectivity index (χ0n) is 16.3. The quantitative estimate of drug-likeness (QED) is 0.585. The maximum atomic E-state index is 13.5. The van der Waals surface area contributed by atoms with Gasteiger partial charge in [-0.25, -0.2) is 13.6 Å². The van der Waals surface area contributed by atoms with Crippen molar-refractivity contribution in [3.05, 3.63) is 70.3 Å². The molecule has 0 aromatic heterocycles. The van der Waals surface area contributed by atoms with Gasteiger partial charge in [-0.05, 0) is 48.8 Å². The van der Waals surface area contributed by atoms with Gasteiger partial charge in [0.15, 0.2) is 17.4 Å². The van der Waals surface area contributed by atoms with Crippen molar-refractivity contribution in [1.82, 2.24) is 0 Å². The molecule has 0 bridgehead atoms. The van der Waals surface area contributed by atoms with E-state index in [1.54, 1.807) is 27.7 Å². The molecule has 0 aliphatic heterocycles. The molecule has 1 aromatic carbocycles. The second kappa shape index (κ2) is 7.80. The van der Waals surface area contributed by atoms with E-state index in [1.165, 1.54) is 18.2 Å². The fourth-order valence-corrected chi connectivity index (χ4v) is 3.52. The number of hydrogen-bond donors (Lipinski definition) is 2. The molecule has 150 valence electrons. The van der Waals surface area contributed by atoms with Crippen LogP contribution in [0.3, 0.4) is 0 Å². The molecule has 4 nitrogen and oxygen atoms in total. The first-order valence-corrected chi connectivity index (χ1v) is 8.87. The van der Waals surface area contributed by atoms with E-state index in [9.17, 15) is 23.5 Å². The van der Waals surface area contributed by atoms with Crippen molar-refractivity contribution in [2.75, 3.05) is 0 Å². The molecule has 0 saturated carbocycles. The summed E-state index contributed by atoms with van der Waals surface area (Å²) in [5, 5.41) is 20.2. The molecule has 2 N–H and O–H groups in total. The molecule has 28 heavy (non-hydrogen) atoms. The van der Waals surface area contributed by atoms with E-state index in [2.05, 4.69) is 0 Å². The van der Waals surface area contributed by atoms with Gasteiger partial charge in [0.25, 0.3) is 0 Å². The van der Waals surface area contributed by atoms with Gasteiger partial charge < -0.3 is 10.2 Å². The molecule has 1 aliphatic carbocycles. The Bertz CT molecular complexity index is 909. The highest BCUT2D eigenvalue weighted by Gasteiger charge is 2.49. The van der Waals surface area contributed by atoms with E-state index in [0.717, 1.165) is 18.2 Å². The number of carbonyl (C=O) groups excluding carboxylic acids is 1. The SMILES string of the molecule is CC1=C(Cc2ccc(F)c(F)c2)C(=O)CC(C)(C)[C@@]1(O)/C=C/C(C)=C\C(=O)O. The molecular formula is C22H24F2O4. The Hall–Kier alpha value is -2.60. The average molecular weight is 390 g/mol. The van der Waals surface area contributed by atoms with Gasteiger partial charge in [-0.15, -0.1) is 0 Å². The number of Topliss-reactive ketones (excluding diaryl/α,β-unsaturated/α-hetero) is 1. The minimum Gasteiger partial charge on any atom is -0.478 e. The summed E-state index contributed by atoms with van der Waals surface area (Å²) >= 11 is 0. The van der Waals surface area contributed by atoms with E-state index in [4.69, 9.17) is 5.11 Å². The molecule has 0 heterocycles. The third-order valence-corrected chi connectivity index (χ3v) is 5.30. The number of carboxylic acid groups (broad SMARTS) is 1. The van der Waals surface area contributed by atoms with Gasteiger partial charge >= 0.3 is 5.97 Å². The first kappa shape index (κ1) is 21.7. The highest BCUT2D eigenvalue weighted by Crippen LogP contribution is 2.47. The van der Waals surface area contributed by atoms with Gasteiger partial charge in [-0.3, -0.25) is 4.79 Å². The highest BCUT2D eigenvalue weighted by molar-refractivity contribution is 5.98. The standard InChI is InChI=1S/C22H24F2O4/c1-13(9-20(26)27)7-8-22(28)14(2)16(19(25)12-21(22,3)4)10-15-5-6-17(23)18(24)11-15/h5-9,11,28H,10,12H2,1-4H3,(H,26,27)/b8-7+,13-9-/t22-/m1/s1. The first-order valence-electron chi connectivity index (χ1n) is 8.87. The van der Waals surface area contributed by atoms with Crippen LogP contribution in [0.15, 0.2) is 53.1 Å². The van der Waals surface area contributed by atoms with Crippen molar-refractivity contribution in [2.45, 2.75) is 46.1 Å². The Kier molecular flexibility index (Phi) is 6.04. The van der Waals surface area contributed by atoms with Crippen LogP contribution in [0.5, 0.6) is 0 Å². The van der Waals surface area contributed by atoms with E-state index < -0.39 is 28.6 Å². The summed E-state index contributed by atoms with van der Waals surface area (Å²) in [6.07, 6.45) is 4.14. The largest absolute Gasteiger partial charge is 0.478 e. The molecule has 2 rings (SSSR count).